The Hall–Kier alpha value is -1.61. The molecule has 0 atom stereocenters. The highest BCUT2D eigenvalue weighted by Gasteiger charge is 2.10. The van der Waals surface area contributed by atoms with Crippen LogP contribution in [0.25, 0.3) is 0 Å². The third kappa shape index (κ3) is 3.20. The smallest absolute Gasteiger partial charge is 0.155 e. The van der Waals surface area contributed by atoms with Crippen LogP contribution in [0.3, 0.4) is 0 Å². The standard InChI is InChI=1S/C14H16ClN3/c1-2-3-11-18(12-7-5-4-6-8-12)14-10-9-13(15)16-17-14/h4-10H,2-3,11H2,1H3. The summed E-state index contributed by atoms with van der Waals surface area (Å²) in [7, 11) is 0. The number of benzene rings is 1. The zero-order valence-corrected chi connectivity index (χ0v) is 11.1. The third-order valence-corrected chi connectivity index (χ3v) is 2.90. The molecule has 0 N–H and O–H groups in total. The Morgan fingerprint density at radius 1 is 1.06 bits per heavy atom. The topological polar surface area (TPSA) is 29.0 Å². The fraction of sp³-hybridized carbons (Fsp3) is 0.286. The Bertz CT molecular complexity index is 470. The molecule has 4 heteroatoms. The molecule has 18 heavy (non-hydrogen) atoms. The highest BCUT2D eigenvalue weighted by molar-refractivity contribution is 6.29. The molecule has 0 bridgehead atoms. The summed E-state index contributed by atoms with van der Waals surface area (Å²) in [6.07, 6.45) is 2.25. The molecule has 94 valence electrons. The Kier molecular flexibility index (Phi) is 4.53. The van der Waals surface area contributed by atoms with Crippen molar-refractivity contribution in [2.75, 3.05) is 11.4 Å². The molecule has 1 aromatic heterocycles. The molecule has 0 saturated heterocycles. The van der Waals surface area contributed by atoms with Crippen LogP contribution in [0.5, 0.6) is 0 Å². The van der Waals surface area contributed by atoms with Crippen LogP contribution in [0.2, 0.25) is 5.15 Å². The van der Waals surface area contributed by atoms with Crippen molar-refractivity contribution in [2.24, 2.45) is 0 Å². The van der Waals surface area contributed by atoms with Gasteiger partial charge in [-0.15, -0.1) is 10.2 Å². The van der Waals surface area contributed by atoms with Crippen molar-refractivity contribution < 1.29 is 0 Å². The minimum Gasteiger partial charge on any atom is -0.325 e. The summed E-state index contributed by atoms with van der Waals surface area (Å²) in [5, 5.41) is 8.48. The maximum absolute atomic E-state index is 5.77. The fourth-order valence-electron chi connectivity index (χ4n) is 1.75. The molecule has 0 aliphatic carbocycles. The first-order valence-electron chi connectivity index (χ1n) is 6.13. The van der Waals surface area contributed by atoms with Gasteiger partial charge >= 0.3 is 0 Å². The number of hydrogen-bond donors (Lipinski definition) is 0. The van der Waals surface area contributed by atoms with Gasteiger partial charge in [-0.3, -0.25) is 0 Å². The van der Waals surface area contributed by atoms with Crippen molar-refractivity contribution in [2.45, 2.75) is 19.8 Å². The maximum atomic E-state index is 5.77. The second-order valence-corrected chi connectivity index (χ2v) is 4.44. The first kappa shape index (κ1) is 12.8. The number of halogens is 1. The molecule has 0 radical (unpaired) electrons. The Labute approximate surface area is 112 Å². The summed E-state index contributed by atoms with van der Waals surface area (Å²) in [6, 6.07) is 13.9. The van der Waals surface area contributed by atoms with Crippen LogP contribution >= 0.6 is 11.6 Å². The van der Waals surface area contributed by atoms with E-state index in [0.717, 1.165) is 30.9 Å². The highest BCUT2D eigenvalue weighted by atomic mass is 35.5. The summed E-state index contributed by atoms with van der Waals surface area (Å²) in [6.45, 7) is 3.10. The van der Waals surface area contributed by atoms with Gasteiger partial charge in [0.15, 0.2) is 11.0 Å². The molecule has 1 heterocycles. The van der Waals surface area contributed by atoms with E-state index in [1.165, 1.54) is 0 Å². The molecule has 0 saturated carbocycles. The van der Waals surface area contributed by atoms with Gasteiger partial charge in [0.2, 0.25) is 0 Å². The van der Waals surface area contributed by atoms with Gasteiger partial charge in [-0.05, 0) is 30.7 Å². The zero-order chi connectivity index (χ0) is 12.8. The Balaban J connectivity index is 2.27. The van der Waals surface area contributed by atoms with Gasteiger partial charge in [-0.1, -0.05) is 43.1 Å². The molecule has 0 aliphatic heterocycles. The predicted octanol–water partition coefficient (Wildman–Crippen LogP) is 4.07. The van der Waals surface area contributed by atoms with Crippen molar-refractivity contribution in [1.82, 2.24) is 10.2 Å². The third-order valence-electron chi connectivity index (χ3n) is 2.70. The molecule has 2 rings (SSSR count). The van der Waals surface area contributed by atoms with Gasteiger partial charge < -0.3 is 4.90 Å². The van der Waals surface area contributed by atoms with Gasteiger partial charge in [-0.25, -0.2) is 0 Å². The van der Waals surface area contributed by atoms with E-state index in [0.29, 0.717) is 5.15 Å². The zero-order valence-electron chi connectivity index (χ0n) is 10.4. The average molecular weight is 262 g/mol. The monoisotopic (exact) mass is 261 g/mol. The fourth-order valence-corrected chi connectivity index (χ4v) is 1.85. The lowest BCUT2D eigenvalue weighted by Gasteiger charge is -2.23. The van der Waals surface area contributed by atoms with Crippen LogP contribution in [-0.4, -0.2) is 16.7 Å². The molecule has 2 aromatic rings. The van der Waals surface area contributed by atoms with E-state index in [1.807, 2.05) is 24.3 Å². The van der Waals surface area contributed by atoms with Crippen LogP contribution in [0.1, 0.15) is 19.8 Å². The van der Waals surface area contributed by atoms with Gasteiger partial charge in [-0.2, -0.15) is 0 Å². The van der Waals surface area contributed by atoms with Gasteiger partial charge in [0, 0.05) is 12.2 Å². The van der Waals surface area contributed by atoms with E-state index < -0.39 is 0 Å². The van der Waals surface area contributed by atoms with E-state index >= 15 is 0 Å². The summed E-state index contributed by atoms with van der Waals surface area (Å²) in [4.78, 5) is 2.16. The normalized spacial score (nSPS) is 10.3. The minimum absolute atomic E-state index is 0.419. The molecule has 0 spiro atoms. The van der Waals surface area contributed by atoms with E-state index in [-0.39, 0.29) is 0 Å². The number of aromatic nitrogens is 2. The number of hydrogen-bond acceptors (Lipinski definition) is 3. The number of nitrogens with zero attached hydrogens (tertiary/aromatic N) is 3. The number of rotatable bonds is 5. The van der Waals surface area contributed by atoms with Gasteiger partial charge in [0.1, 0.15) is 0 Å². The van der Waals surface area contributed by atoms with Crippen LogP contribution in [-0.2, 0) is 0 Å². The Morgan fingerprint density at radius 2 is 1.83 bits per heavy atom. The van der Waals surface area contributed by atoms with Crippen LogP contribution in [0.15, 0.2) is 42.5 Å². The number of unbranched alkanes of at least 4 members (excludes halogenated alkanes) is 1. The van der Waals surface area contributed by atoms with Crippen molar-refractivity contribution in [3.63, 3.8) is 0 Å². The average Bonchev–Trinajstić information content (AvgIpc) is 2.42. The van der Waals surface area contributed by atoms with E-state index in [1.54, 1.807) is 6.07 Å². The molecule has 1 aromatic carbocycles. The number of para-hydroxylation sites is 1. The molecule has 0 fully saturated rings. The predicted molar refractivity (Wildman–Crippen MR) is 75.4 cm³/mol. The van der Waals surface area contributed by atoms with Crippen molar-refractivity contribution in [3.8, 4) is 0 Å². The lowest BCUT2D eigenvalue weighted by molar-refractivity contribution is 0.773. The quantitative estimate of drug-likeness (QED) is 0.812. The summed E-state index contributed by atoms with van der Waals surface area (Å²) < 4.78 is 0. The molecule has 0 amide bonds. The van der Waals surface area contributed by atoms with E-state index in [4.69, 9.17) is 11.6 Å². The van der Waals surface area contributed by atoms with Crippen LogP contribution in [0.4, 0.5) is 11.5 Å². The Morgan fingerprint density at radius 3 is 2.44 bits per heavy atom. The first-order valence-corrected chi connectivity index (χ1v) is 6.51. The van der Waals surface area contributed by atoms with Crippen LogP contribution in [0, 0.1) is 0 Å². The molecule has 3 nitrogen and oxygen atoms in total. The van der Waals surface area contributed by atoms with Crippen molar-refractivity contribution >= 4 is 23.1 Å². The molecule has 0 unspecified atom stereocenters. The summed E-state index contributed by atoms with van der Waals surface area (Å²) in [5.41, 5.74) is 1.13. The van der Waals surface area contributed by atoms with Gasteiger partial charge in [0.05, 0.1) is 0 Å². The lowest BCUT2D eigenvalue weighted by Crippen LogP contribution is -2.19. The molecular formula is C14H16ClN3. The van der Waals surface area contributed by atoms with E-state index in [9.17, 15) is 0 Å². The summed E-state index contributed by atoms with van der Waals surface area (Å²) >= 11 is 5.77. The second-order valence-electron chi connectivity index (χ2n) is 4.05. The van der Waals surface area contributed by atoms with Crippen LogP contribution < -0.4 is 4.90 Å². The van der Waals surface area contributed by atoms with E-state index in [2.05, 4.69) is 34.2 Å². The SMILES string of the molecule is CCCCN(c1ccccc1)c1ccc(Cl)nn1. The largest absolute Gasteiger partial charge is 0.325 e. The summed E-state index contributed by atoms with van der Waals surface area (Å²) in [5.74, 6) is 0.832. The van der Waals surface area contributed by atoms with Crippen molar-refractivity contribution in [3.05, 3.63) is 47.6 Å². The minimum atomic E-state index is 0.419. The van der Waals surface area contributed by atoms with Gasteiger partial charge in [0.25, 0.3) is 0 Å². The first-order chi connectivity index (χ1) is 8.81. The maximum Gasteiger partial charge on any atom is 0.155 e. The second kappa shape index (κ2) is 6.36. The number of anilines is 2. The lowest BCUT2D eigenvalue weighted by atomic mass is 10.2. The highest BCUT2D eigenvalue weighted by Crippen LogP contribution is 2.23. The molecule has 0 aliphatic rings. The van der Waals surface area contributed by atoms with Crippen molar-refractivity contribution in [1.29, 1.82) is 0 Å². The molecular weight excluding hydrogens is 246 g/mol.